The lowest BCUT2D eigenvalue weighted by Gasteiger charge is -2.19. The van der Waals surface area contributed by atoms with Gasteiger partial charge in [-0.15, -0.1) is 0 Å². The zero-order chi connectivity index (χ0) is 40.7. The lowest BCUT2D eigenvalue weighted by molar-refractivity contribution is 1.18. The maximum Gasteiger partial charge on any atom is 0.131 e. The summed E-state index contributed by atoms with van der Waals surface area (Å²) >= 11 is 0. The fourth-order valence-electron chi connectivity index (χ4n) is 9.33. The summed E-state index contributed by atoms with van der Waals surface area (Å²) in [6, 6.07) is 77.9. The first-order chi connectivity index (χ1) is 30.2. The number of nitrogens with zero attached hydrogens (tertiary/aromatic N) is 2. The van der Waals surface area contributed by atoms with Crippen molar-refractivity contribution in [1.29, 1.82) is 0 Å². The third-order valence-corrected chi connectivity index (χ3v) is 12.1. The first kappa shape index (κ1) is 36.1. The van der Waals surface area contributed by atoms with E-state index in [1.54, 1.807) is 0 Å². The Bertz CT molecular complexity index is 3470. The summed E-state index contributed by atoms with van der Waals surface area (Å²) in [7, 11) is 0. The maximum atomic E-state index is 6.80. The van der Waals surface area contributed by atoms with Gasteiger partial charge >= 0.3 is 0 Å². The summed E-state index contributed by atoms with van der Waals surface area (Å²) < 4.78 is 2.37. The van der Waals surface area contributed by atoms with E-state index in [0.717, 1.165) is 28.1 Å². The lowest BCUT2D eigenvalue weighted by atomic mass is 9.84. The van der Waals surface area contributed by atoms with Crippen LogP contribution in [0, 0.1) is 0 Å². The number of fused-ring (bicyclic) bond motifs is 7. The topological polar surface area (TPSA) is 43.3 Å². The molecule has 10 aromatic carbocycles. The zero-order valence-corrected chi connectivity index (χ0v) is 33.5. The highest BCUT2D eigenvalue weighted by atomic mass is 15.0. The summed E-state index contributed by atoms with van der Waals surface area (Å²) in [5, 5.41) is 9.90. The first-order valence-electron chi connectivity index (χ1n) is 20.9. The van der Waals surface area contributed by atoms with Crippen molar-refractivity contribution in [3.8, 4) is 27.9 Å². The second-order valence-corrected chi connectivity index (χ2v) is 15.6. The minimum atomic E-state index is 0.481. The van der Waals surface area contributed by atoms with Crippen LogP contribution in [0.15, 0.2) is 229 Å². The molecule has 288 valence electrons. The largest absolute Gasteiger partial charge is 0.383 e. The van der Waals surface area contributed by atoms with Gasteiger partial charge in [-0.2, -0.15) is 0 Å². The van der Waals surface area contributed by atoms with Gasteiger partial charge in [-0.05, 0) is 96.4 Å². The molecule has 1 aromatic heterocycles. The third kappa shape index (κ3) is 6.35. The molecule has 0 radical (unpaired) electrons. The molecule has 0 aliphatic heterocycles. The van der Waals surface area contributed by atoms with Crippen LogP contribution < -0.4 is 5.73 Å². The molecule has 61 heavy (non-hydrogen) atoms. The number of para-hydroxylation sites is 2. The quantitative estimate of drug-likeness (QED) is 0.0710. The standard InChI is InChI=1S/C58H41N3/c59-58(44-20-6-2-7-21-44)60-51(38-36-42-22-16-30-53-55(42)49-28-14-15-29-52(49)61(53)45-23-8-3-9-24-45)40-31-33-43(34-32-40)56-48-27-13-12-26-47(48)54(41-18-4-1-5-19-41)50-37-35-39-17-10-11-25-46(39)57(50)56/h1-35,37-38H,36H2,(H2,59,60)/b51-38-. The van der Waals surface area contributed by atoms with E-state index in [0.29, 0.717) is 12.3 Å². The second-order valence-electron chi connectivity index (χ2n) is 15.6. The summed E-state index contributed by atoms with van der Waals surface area (Å²) in [6.45, 7) is 0. The number of rotatable bonds is 8. The Kier molecular flexibility index (Phi) is 9.05. The number of aromatic nitrogens is 1. The molecule has 0 saturated carbocycles. The fraction of sp³-hybridized carbons (Fsp3) is 0.0172. The molecule has 0 unspecified atom stereocenters. The number of allylic oxidation sites excluding steroid dienone is 1. The van der Waals surface area contributed by atoms with Crippen LogP contribution in [0.25, 0.3) is 87.8 Å². The number of aliphatic imine (C=N–C) groups is 1. The van der Waals surface area contributed by atoms with Crippen LogP contribution in [0.2, 0.25) is 0 Å². The highest BCUT2D eigenvalue weighted by Gasteiger charge is 2.19. The van der Waals surface area contributed by atoms with Crippen molar-refractivity contribution < 1.29 is 0 Å². The zero-order valence-electron chi connectivity index (χ0n) is 33.5. The van der Waals surface area contributed by atoms with Crippen LogP contribution in [0.5, 0.6) is 0 Å². The van der Waals surface area contributed by atoms with E-state index < -0.39 is 0 Å². The Balaban J connectivity index is 1.08. The van der Waals surface area contributed by atoms with Crippen molar-refractivity contribution in [1.82, 2.24) is 4.57 Å². The molecule has 3 heteroatoms. The van der Waals surface area contributed by atoms with Crippen LogP contribution in [-0.4, -0.2) is 10.4 Å². The van der Waals surface area contributed by atoms with E-state index >= 15 is 0 Å². The molecule has 0 bridgehead atoms. The van der Waals surface area contributed by atoms with E-state index in [1.807, 2.05) is 30.3 Å². The number of hydrogen-bond donors (Lipinski definition) is 1. The van der Waals surface area contributed by atoms with Crippen LogP contribution in [-0.2, 0) is 6.42 Å². The minimum absolute atomic E-state index is 0.481. The van der Waals surface area contributed by atoms with Crippen LogP contribution in [0.3, 0.4) is 0 Å². The van der Waals surface area contributed by atoms with Crippen LogP contribution in [0.4, 0.5) is 0 Å². The minimum Gasteiger partial charge on any atom is -0.383 e. The van der Waals surface area contributed by atoms with E-state index in [4.69, 9.17) is 10.7 Å². The van der Waals surface area contributed by atoms with Gasteiger partial charge in [0.1, 0.15) is 5.84 Å². The molecule has 2 N–H and O–H groups in total. The van der Waals surface area contributed by atoms with Gasteiger partial charge in [0.2, 0.25) is 0 Å². The van der Waals surface area contributed by atoms with Gasteiger partial charge < -0.3 is 10.3 Å². The molecule has 0 fully saturated rings. The Hall–Kier alpha value is -8.01. The van der Waals surface area contributed by atoms with Crippen LogP contribution in [0.1, 0.15) is 16.7 Å². The smallest absolute Gasteiger partial charge is 0.131 e. The maximum absolute atomic E-state index is 6.80. The normalized spacial score (nSPS) is 12.3. The van der Waals surface area contributed by atoms with Gasteiger partial charge in [0.05, 0.1) is 16.7 Å². The molecule has 0 amide bonds. The molecule has 11 rings (SSSR count). The Morgan fingerprint density at radius 1 is 0.426 bits per heavy atom. The number of hydrogen-bond acceptors (Lipinski definition) is 1. The molecular formula is C58H41N3. The summed E-state index contributed by atoms with van der Waals surface area (Å²) in [5.41, 5.74) is 19.1. The van der Waals surface area contributed by atoms with Gasteiger partial charge in [-0.1, -0.05) is 200 Å². The number of amidine groups is 1. The molecule has 0 saturated heterocycles. The van der Waals surface area contributed by atoms with E-state index in [2.05, 4.69) is 199 Å². The predicted molar refractivity (Wildman–Crippen MR) is 259 cm³/mol. The fourth-order valence-corrected chi connectivity index (χ4v) is 9.33. The van der Waals surface area contributed by atoms with E-state index in [1.165, 1.54) is 76.4 Å². The molecule has 0 aliphatic carbocycles. The lowest BCUT2D eigenvalue weighted by Crippen LogP contribution is -2.13. The van der Waals surface area contributed by atoms with Crippen molar-refractivity contribution in [2.75, 3.05) is 0 Å². The average Bonchev–Trinajstić information content (AvgIpc) is 3.68. The number of nitrogens with two attached hydrogens (primary N) is 1. The molecular weight excluding hydrogens is 739 g/mol. The molecule has 11 aromatic rings. The van der Waals surface area contributed by atoms with E-state index in [-0.39, 0.29) is 0 Å². The van der Waals surface area contributed by atoms with Crippen molar-refractivity contribution in [2.24, 2.45) is 10.7 Å². The van der Waals surface area contributed by atoms with Crippen molar-refractivity contribution >= 4 is 65.7 Å². The van der Waals surface area contributed by atoms with Gasteiger partial charge in [-0.25, -0.2) is 4.99 Å². The monoisotopic (exact) mass is 779 g/mol. The van der Waals surface area contributed by atoms with Gasteiger partial charge in [0.15, 0.2) is 0 Å². The van der Waals surface area contributed by atoms with Crippen molar-refractivity contribution in [2.45, 2.75) is 6.42 Å². The second kappa shape index (κ2) is 15.3. The highest BCUT2D eigenvalue weighted by molar-refractivity contribution is 6.28. The molecule has 0 aliphatic rings. The SMILES string of the molecule is NC(=N/C(=C\Cc1cccc2c1c1ccccc1n2-c1ccccc1)c1ccc(-c2c3ccccc3c(-c3ccccc3)c3ccc4ccccc4c23)cc1)c1ccccc1. The van der Waals surface area contributed by atoms with Crippen molar-refractivity contribution in [3.63, 3.8) is 0 Å². The Labute approximate surface area is 355 Å². The van der Waals surface area contributed by atoms with Gasteiger partial charge in [0.25, 0.3) is 0 Å². The molecule has 3 nitrogen and oxygen atoms in total. The molecule has 0 spiro atoms. The van der Waals surface area contributed by atoms with E-state index in [9.17, 15) is 0 Å². The average molecular weight is 780 g/mol. The van der Waals surface area contributed by atoms with Gasteiger partial charge in [0, 0.05) is 22.0 Å². The summed E-state index contributed by atoms with van der Waals surface area (Å²) in [6.07, 6.45) is 2.91. The number of benzene rings is 10. The first-order valence-corrected chi connectivity index (χ1v) is 20.9. The summed E-state index contributed by atoms with van der Waals surface area (Å²) in [5.74, 6) is 0.481. The highest BCUT2D eigenvalue weighted by Crippen LogP contribution is 2.46. The molecule has 1 heterocycles. The Morgan fingerprint density at radius 3 is 1.77 bits per heavy atom. The Morgan fingerprint density at radius 2 is 1.02 bits per heavy atom. The molecule has 0 atom stereocenters. The van der Waals surface area contributed by atoms with Crippen molar-refractivity contribution in [3.05, 3.63) is 241 Å². The predicted octanol–water partition coefficient (Wildman–Crippen LogP) is 14.6. The van der Waals surface area contributed by atoms with Crippen LogP contribution >= 0.6 is 0 Å². The third-order valence-electron chi connectivity index (χ3n) is 12.1. The summed E-state index contributed by atoms with van der Waals surface area (Å²) in [4.78, 5) is 5.17. The van der Waals surface area contributed by atoms with Gasteiger partial charge in [-0.3, -0.25) is 0 Å².